The van der Waals surface area contributed by atoms with Crippen molar-refractivity contribution in [1.82, 2.24) is 0 Å². The fraction of sp³-hybridized carbons (Fsp3) is 0.211. The summed E-state index contributed by atoms with van der Waals surface area (Å²) in [6.07, 6.45) is 2.44. The maximum atomic E-state index is 10.6. The number of thioether (sulfide) groups is 1. The highest BCUT2D eigenvalue weighted by atomic mass is 32.2. The topological polar surface area (TPSA) is 37.3 Å². The Balaban J connectivity index is 1.75. The van der Waals surface area contributed by atoms with E-state index in [0.717, 1.165) is 18.6 Å². The van der Waals surface area contributed by atoms with Gasteiger partial charge in [-0.2, -0.15) is 0 Å². The number of carboxylic acid groups (broad SMARTS) is 1. The summed E-state index contributed by atoms with van der Waals surface area (Å²) in [7, 11) is 0. The highest BCUT2D eigenvalue weighted by molar-refractivity contribution is 7.99. The molecule has 0 fully saturated rings. The van der Waals surface area contributed by atoms with Gasteiger partial charge in [0.25, 0.3) is 0 Å². The fourth-order valence-electron chi connectivity index (χ4n) is 2.11. The predicted molar refractivity (Wildman–Crippen MR) is 93.2 cm³/mol. The molecule has 0 atom stereocenters. The van der Waals surface area contributed by atoms with Crippen LogP contribution in [-0.4, -0.2) is 16.8 Å². The first-order valence-electron chi connectivity index (χ1n) is 7.36. The van der Waals surface area contributed by atoms with Crippen LogP contribution in [0.4, 0.5) is 0 Å². The minimum Gasteiger partial charge on any atom is -0.478 e. The van der Waals surface area contributed by atoms with E-state index in [9.17, 15) is 4.79 Å². The summed E-state index contributed by atoms with van der Waals surface area (Å²) >= 11 is 1.81. The summed E-state index contributed by atoms with van der Waals surface area (Å²) in [5, 5.41) is 8.73. The van der Waals surface area contributed by atoms with Gasteiger partial charge in [0.05, 0.1) is 0 Å². The molecule has 0 spiro atoms. The molecule has 1 N–H and O–H groups in total. The smallest absolute Gasteiger partial charge is 0.330 e. The summed E-state index contributed by atoms with van der Waals surface area (Å²) < 4.78 is 0. The summed E-state index contributed by atoms with van der Waals surface area (Å²) in [5.41, 5.74) is 2.76. The Hall–Kier alpha value is -2.00. The first kappa shape index (κ1) is 16.4. The normalized spacial score (nSPS) is 10.4. The van der Waals surface area contributed by atoms with Crippen LogP contribution in [0, 0.1) is 0 Å². The number of rotatable bonds is 8. The zero-order chi connectivity index (χ0) is 15.8. The minimum absolute atomic E-state index is 0.303. The largest absolute Gasteiger partial charge is 0.478 e. The van der Waals surface area contributed by atoms with Gasteiger partial charge in [0.2, 0.25) is 0 Å². The zero-order valence-electron chi connectivity index (χ0n) is 12.5. The number of aliphatic carboxylic acids is 1. The molecule has 2 rings (SSSR count). The lowest BCUT2D eigenvalue weighted by Gasteiger charge is -2.05. The molecule has 0 radical (unpaired) electrons. The van der Waals surface area contributed by atoms with Crippen molar-refractivity contribution in [2.75, 3.05) is 5.75 Å². The maximum Gasteiger partial charge on any atom is 0.330 e. The van der Waals surface area contributed by atoms with Gasteiger partial charge in [0, 0.05) is 10.5 Å². The molecule has 0 unspecified atom stereocenters. The number of carbonyl (C=O) groups is 1. The highest BCUT2D eigenvalue weighted by Crippen LogP contribution is 2.25. The summed E-state index contributed by atoms with van der Waals surface area (Å²) in [6.45, 7) is 3.54. The first-order valence-corrected chi connectivity index (χ1v) is 8.35. The van der Waals surface area contributed by atoms with Gasteiger partial charge in [-0.1, -0.05) is 49.0 Å². The second-order valence-corrected chi connectivity index (χ2v) is 6.27. The summed E-state index contributed by atoms with van der Waals surface area (Å²) in [4.78, 5) is 11.9. The van der Waals surface area contributed by atoms with Gasteiger partial charge in [-0.3, -0.25) is 0 Å². The van der Waals surface area contributed by atoms with Gasteiger partial charge in [-0.05, 0) is 48.3 Å². The molecule has 22 heavy (non-hydrogen) atoms. The maximum absolute atomic E-state index is 10.6. The molecular formula is C19H20O2S. The summed E-state index contributed by atoms with van der Waals surface area (Å²) in [6, 6.07) is 18.9. The Morgan fingerprint density at radius 3 is 2.23 bits per heavy atom. The Kier molecular flexibility index (Phi) is 6.28. The molecule has 114 valence electrons. The number of unbranched alkanes of at least 4 members (excludes halogenated alkanes) is 1. The number of carboxylic acids is 1. The second-order valence-electron chi connectivity index (χ2n) is 5.10. The van der Waals surface area contributed by atoms with Crippen LogP contribution in [0.3, 0.4) is 0 Å². The molecule has 0 aliphatic heterocycles. The van der Waals surface area contributed by atoms with E-state index in [1.54, 1.807) is 0 Å². The van der Waals surface area contributed by atoms with E-state index in [1.165, 1.54) is 16.0 Å². The molecule has 0 aromatic heterocycles. The first-order chi connectivity index (χ1) is 10.7. The molecule has 2 nitrogen and oxygen atoms in total. The van der Waals surface area contributed by atoms with Crippen LogP contribution >= 0.6 is 11.8 Å². The van der Waals surface area contributed by atoms with Gasteiger partial charge < -0.3 is 5.11 Å². The van der Waals surface area contributed by atoms with Crippen molar-refractivity contribution >= 4 is 17.7 Å². The number of benzene rings is 2. The number of hydrogen-bond donors (Lipinski definition) is 1. The van der Waals surface area contributed by atoms with Crippen LogP contribution in [0.15, 0.2) is 71.6 Å². The molecule has 0 saturated carbocycles. The van der Waals surface area contributed by atoms with Crippen molar-refractivity contribution in [3.8, 4) is 11.1 Å². The lowest BCUT2D eigenvalue weighted by Crippen LogP contribution is -1.98. The van der Waals surface area contributed by atoms with Gasteiger partial charge in [-0.15, -0.1) is 11.8 Å². The van der Waals surface area contributed by atoms with E-state index in [2.05, 4.69) is 43.0 Å². The third-order valence-corrected chi connectivity index (χ3v) is 4.50. The van der Waals surface area contributed by atoms with E-state index >= 15 is 0 Å². The quantitative estimate of drug-likeness (QED) is 0.410. The average Bonchev–Trinajstić information content (AvgIpc) is 2.55. The molecule has 0 bridgehead atoms. The van der Waals surface area contributed by atoms with E-state index in [1.807, 2.05) is 30.0 Å². The molecule has 0 aliphatic carbocycles. The molecule has 0 amide bonds. The highest BCUT2D eigenvalue weighted by Gasteiger charge is 2.03. The van der Waals surface area contributed by atoms with Crippen LogP contribution in [0.5, 0.6) is 0 Å². The second kappa shape index (κ2) is 8.44. The van der Waals surface area contributed by atoms with Crippen molar-refractivity contribution in [3.63, 3.8) is 0 Å². The van der Waals surface area contributed by atoms with Crippen LogP contribution in [0.25, 0.3) is 11.1 Å². The average molecular weight is 312 g/mol. The van der Waals surface area contributed by atoms with E-state index in [0.29, 0.717) is 12.0 Å². The third-order valence-electron chi connectivity index (χ3n) is 3.41. The van der Waals surface area contributed by atoms with Gasteiger partial charge >= 0.3 is 5.97 Å². The molecule has 0 saturated heterocycles. The molecule has 3 heteroatoms. The molecule has 0 aliphatic rings. The number of hydrogen-bond acceptors (Lipinski definition) is 2. The van der Waals surface area contributed by atoms with Crippen LogP contribution in [-0.2, 0) is 4.79 Å². The predicted octanol–water partition coefficient (Wildman–Crippen LogP) is 5.26. The standard InChI is InChI=1S/C19H20O2S/c1-15(19(20)21)7-5-6-14-22-18-12-10-17(11-13-18)16-8-3-2-4-9-16/h2-4,8-13H,1,5-7,14H2,(H,20,21). The molecule has 0 heterocycles. The zero-order valence-corrected chi connectivity index (χ0v) is 13.3. The van der Waals surface area contributed by atoms with Gasteiger partial charge in [0.15, 0.2) is 0 Å². The van der Waals surface area contributed by atoms with Crippen molar-refractivity contribution < 1.29 is 9.90 Å². The SMILES string of the molecule is C=C(CCCCSc1ccc(-c2ccccc2)cc1)C(=O)O. The Bertz CT molecular complexity index is 618. The lowest BCUT2D eigenvalue weighted by atomic mass is 10.1. The van der Waals surface area contributed by atoms with Crippen LogP contribution < -0.4 is 0 Å². The monoisotopic (exact) mass is 312 g/mol. The molecular weight excluding hydrogens is 292 g/mol. The Morgan fingerprint density at radius 2 is 1.59 bits per heavy atom. The van der Waals surface area contributed by atoms with E-state index in [4.69, 9.17) is 5.11 Å². The van der Waals surface area contributed by atoms with E-state index in [-0.39, 0.29) is 0 Å². The van der Waals surface area contributed by atoms with Crippen molar-refractivity contribution in [3.05, 3.63) is 66.7 Å². The molecule has 2 aromatic carbocycles. The van der Waals surface area contributed by atoms with Gasteiger partial charge in [0.1, 0.15) is 0 Å². The third kappa shape index (κ3) is 5.08. The van der Waals surface area contributed by atoms with Crippen LogP contribution in [0.1, 0.15) is 19.3 Å². The Morgan fingerprint density at radius 1 is 0.955 bits per heavy atom. The van der Waals surface area contributed by atoms with Crippen molar-refractivity contribution in [1.29, 1.82) is 0 Å². The Labute approximate surface area is 135 Å². The fourth-order valence-corrected chi connectivity index (χ4v) is 3.02. The van der Waals surface area contributed by atoms with Crippen molar-refractivity contribution in [2.24, 2.45) is 0 Å². The lowest BCUT2D eigenvalue weighted by molar-refractivity contribution is -0.132. The minimum atomic E-state index is -0.885. The van der Waals surface area contributed by atoms with Crippen LogP contribution in [0.2, 0.25) is 0 Å². The van der Waals surface area contributed by atoms with Crippen molar-refractivity contribution in [2.45, 2.75) is 24.2 Å². The summed E-state index contributed by atoms with van der Waals surface area (Å²) in [5.74, 6) is 0.113. The van der Waals surface area contributed by atoms with E-state index < -0.39 is 5.97 Å². The molecule has 2 aromatic rings. The van der Waals surface area contributed by atoms with Gasteiger partial charge in [-0.25, -0.2) is 4.79 Å².